The molecule has 0 spiro atoms. The van der Waals surface area contributed by atoms with Gasteiger partial charge in [-0.3, -0.25) is 4.79 Å². The van der Waals surface area contributed by atoms with Gasteiger partial charge >= 0.3 is 5.97 Å². The Kier molecular flexibility index (Phi) is 4.59. The maximum absolute atomic E-state index is 12.0. The predicted octanol–water partition coefficient (Wildman–Crippen LogP) is 3.19. The number of aromatic hydroxyl groups is 1. The van der Waals surface area contributed by atoms with Gasteiger partial charge in [0.05, 0.1) is 18.2 Å². The van der Waals surface area contributed by atoms with Crippen molar-refractivity contribution >= 4 is 33.5 Å². The van der Waals surface area contributed by atoms with Gasteiger partial charge < -0.3 is 15.2 Å². The van der Waals surface area contributed by atoms with Crippen LogP contribution in [0, 0.1) is 0 Å². The number of phenols is 1. The van der Waals surface area contributed by atoms with Crippen LogP contribution in [0.5, 0.6) is 5.75 Å². The molecular weight excluding hydrogens is 338 g/mol. The van der Waals surface area contributed by atoms with Gasteiger partial charge in [-0.2, -0.15) is 0 Å². The van der Waals surface area contributed by atoms with Crippen LogP contribution in [0.3, 0.4) is 0 Å². The van der Waals surface area contributed by atoms with Gasteiger partial charge in [0, 0.05) is 10.2 Å². The van der Waals surface area contributed by atoms with Gasteiger partial charge in [-0.15, -0.1) is 0 Å². The first-order valence-electron chi connectivity index (χ1n) is 5.99. The van der Waals surface area contributed by atoms with Crippen LogP contribution in [0.15, 0.2) is 46.9 Å². The summed E-state index contributed by atoms with van der Waals surface area (Å²) >= 11 is 3.21. The Bertz CT molecular complexity index is 683. The molecule has 21 heavy (non-hydrogen) atoms. The van der Waals surface area contributed by atoms with Crippen molar-refractivity contribution in [3.63, 3.8) is 0 Å². The zero-order valence-corrected chi connectivity index (χ0v) is 12.7. The molecule has 0 radical (unpaired) electrons. The molecule has 0 aromatic heterocycles. The number of rotatable bonds is 3. The highest BCUT2D eigenvalue weighted by Crippen LogP contribution is 2.23. The lowest BCUT2D eigenvalue weighted by molar-refractivity contribution is 0.0600. The molecule has 0 unspecified atom stereocenters. The van der Waals surface area contributed by atoms with Gasteiger partial charge in [0.15, 0.2) is 0 Å². The molecule has 0 aliphatic heterocycles. The molecule has 6 heteroatoms. The van der Waals surface area contributed by atoms with Crippen molar-refractivity contribution < 1.29 is 19.4 Å². The second-order valence-electron chi connectivity index (χ2n) is 4.18. The lowest BCUT2D eigenvalue weighted by Crippen LogP contribution is -2.12. The van der Waals surface area contributed by atoms with Crippen molar-refractivity contribution in [1.82, 2.24) is 0 Å². The van der Waals surface area contributed by atoms with E-state index in [1.807, 2.05) is 0 Å². The number of amides is 1. The average molecular weight is 350 g/mol. The van der Waals surface area contributed by atoms with E-state index >= 15 is 0 Å². The first-order valence-corrected chi connectivity index (χ1v) is 6.79. The van der Waals surface area contributed by atoms with Crippen LogP contribution in [-0.2, 0) is 4.74 Å². The summed E-state index contributed by atoms with van der Waals surface area (Å²) in [5, 5.41) is 12.4. The molecule has 2 N–H and O–H groups in total. The molecule has 0 fully saturated rings. The minimum Gasteiger partial charge on any atom is -0.507 e. The lowest BCUT2D eigenvalue weighted by atomic mass is 10.1. The fourth-order valence-corrected chi connectivity index (χ4v) is 2.05. The number of hydrogen-bond donors (Lipinski definition) is 2. The summed E-state index contributed by atoms with van der Waals surface area (Å²) in [6.07, 6.45) is 0. The number of carbonyl (C=O) groups excluding carboxylic acids is 2. The minimum absolute atomic E-state index is 0.118. The van der Waals surface area contributed by atoms with Crippen molar-refractivity contribution in [2.45, 2.75) is 0 Å². The van der Waals surface area contributed by atoms with Crippen LogP contribution < -0.4 is 5.32 Å². The molecule has 1 amide bonds. The molecule has 0 saturated carbocycles. The molecule has 108 valence electrons. The van der Waals surface area contributed by atoms with E-state index < -0.39 is 11.9 Å². The number of anilines is 1. The summed E-state index contributed by atoms with van der Waals surface area (Å²) in [6.45, 7) is 0. The van der Waals surface area contributed by atoms with Crippen LogP contribution in [0.2, 0.25) is 0 Å². The molecule has 2 rings (SSSR count). The fraction of sp³-hybridized carbons (Fsp3) is 0.0667. The minimum atomic E-state index is -0.446. The summed E-state index contributed by atoms with van der Waals surface area (Å²) in [6, 6.07) is 10.9. The number of hydrogen-bond acceptors (Lipinski definition) is 4. The lowest BCUT2D eigenvalue weighted by Gasteiger charge is -2.07. The Labute approximate surface area is 129 Å². The third-order valence-electron chi connectivity index (χ3n) is 2.77. The number of ether oxygens (including phenoxy) is 1. The van der Waals surface area contributed by atoms with Crippen LogP contribution >= 0.6 is 15.9 Å². The second kappa shape index (κ2) is 6.41. The van der Waals surface area contributed by atoms with E-state index in [-0.39, 0.29) is 11.3 Å². The quantitative estimate of drug-likeness (QED) is 0.834. The highest BCUT2D eigenvalue weighted by molar-refractivity contribution is 9.10. The van der Waals surface area contributed by atoms with Crippen molar-refractivity contribution in [3.05, 3.63) is 58.1 Å². The molecule has 0 heterocycles. The standard InChI is InChI=1S/C15H12BrNO4/c1-21-15(20)9-2-5-11(6-3-9)17-14(19)12-7-4-10(16)8-13(12)18/h2-8,18H,1H3,(H,17,19). The number of benzene rings is 2. The normalized spacial score (nSPS) is 10.0. The first-order chi connectivity index (χ1) is 10.0. The van der Waals surface area contributed by atoms with Crippen LogP contribution in [0.25, 0.3) is 0 Å². The third-order valence-corrected chi connectivity index (χ3v) is 3.26. The molecule has 0 atom stereocenters. The highest BCUT2D eigenvalue weighted by Gasteiger charge is 2.12. The Hall–Kier alpha value is -2.34. The van der Waals surface area contributed by atoms with E-state index in [1.54, 1.807) is 30.3 Å². The molecule has 0 aliphatic rings. The number of carbonyl (C=O) groups is 2. The highest BCUT2D eigenvalue weighted by atomic mass is 79.9. The van der Waals surface area contributed by atoms with E-state index in [0.29, 0.717) is 15.7 Å². The summed E-state index contributed by atoms with van der Waals surface area (Å²) in [5.41, 5.74) is 1.06. The maximum atomic E-state index is 12.0. The summed E-state index contributed by atoms with van der Waals surface area (Å²) < 4.78 is 5.27. The SMILES string of the molecule is COC(=O)c1ccc(NC(=O)c2ccc(Br)cc2O)cc1. The van der Waals surface area contributed by atoms with Crippen LogP contribution in [0.4, 0.5) is 5.69 Å². The number of esters is 1. The molecule has 2 aromatic carbocycles. The van der Waals surface area contributed by atoms with Gasteiger partial charge in [0.1, 0.15) is 5.75 Å². The van der Waals surface area contributed by atoms with Gasteiger partial charge in [-0.25, -0.2) is 4.79 Å². The molecule has 0 saturated heterocycles. The Morgan fingerprint density at radius 2 is 1.81 bits per heavy atom. The van der Waals surface area contributed by atoms with Crippen molar-refractivity contribution in [2.24, 2.45) is 0 Å². The van der Waals surface area contributed by atoms with E-state index in [0.717, 1.165) is 0 Å². The monoisotopic (exact) mass is 349 g/mol. The number of halogens is 1. The van der Waals surface area contributed by atoms with Crippen molar-refractivity contribution in [2.75, 3.05) is 12.4 Å². The Morgan fingerprint density at radius 3 is 2.38 bits per heavy atom. The molecule has 0 aliphatic carbocycles. The molecule has 0 bridgehead atoms. The molecule has 5 nitrogen and oxygen atoms in total. The van der Waals surface area contributed by atoms with Gasteiger partial charge in [0.2, 0.25) is 0 Å². The predicted molar refractivity (Wildman–Crippen MR) is 81.5 cm³/mol. The van der Waals surface area contributed by atoms with E-state index in [4.69, 9.17) is 0 Å². The Morgan fingerprint density at radius 1 is 1.14 bits per heavy atom. The van der Waals surface area contributed by atoms with Gasteiger partial charge in [-0.1, -0.05) is 15.9 Å². The number of methoxy groups -OCH3 is 1. The van der Waals surface area contributed by atoms with Gasteiger partial charge in [-0.05, 0) is 42.5 Å². The number of phenolic OH excluding ortho intramolecular Hbond substituents is 1. The third kappa shape index (κ3) is 3.61. The first kappa shape index (κ1) is 15.1. The molecular formula is C15H12BrNO4. The van der Waals surface area contributed by atoms with E-state index in [1.165, 1.54) is 19.2 Å². The van der Waals surface area contributed by atoms with Crippen molar-refractivity contribution in [1.29, 1.82) is 0 Å². The summed E-state index contributed by atoms with van der Waals surface area (Å²) in [4.78, 5) is 23.3. The topological polar surface area (TPSA) is 75.6 Å². The second-order valence-corrected chi connectivity index (χ2v) is 5.10. The maximum Gasteiger partial charge on any atom is 0.337 e. The smallest absolute Gasteiger partial charge is 0.337 e. The van der Waals surface area contributed by atoms with E-state index in [9.17, 15) is 14.7 Å². The van der Waals surface area contributed by atoms with Crippen LogP contribution in [-0.4, -0.2) is 24.1 Å². The van der Waals surface area contributed by atoms with E-state index in [2.05, 4.69) is 26.0 Å². The van der Waals surface area contributed by atoms with Crippen molar-refractivity contribution in [3.8, 4) is 5.75 Å². The molecule has 2 aromatic rings. The summed E-state index contributed by atoms with van der Waals surface area (Å²) in [7, 11) is 1.30. The average Bonchev–Trinajstić information content (AvgIpc) is 2.47. The summed E-state index contributed by atoms with van der Waals surface area (Å²) in [5.74, 6) is -1.00. The zero-order chi connectivity index (χ0) is 15.4. The van der Waals surface area contributed by atoms with Gasteiger partial charge in [0.25, 0.3) is 5.91 Å². The zero-order valence-electron chi connectivity index (χ0n) is 11.1. The fourth-order valence-electron chi connectivity index (χ4n) is 1.70. The number of nitrogens with one attached hydrogen (secondary N) is 1. The Balaban J connectivity index is 2.14. The van der Waals surface area contributed by atoms with Crippen LogP contribution in [0.1, 0.15) is 20.7 Å². The largest absolute Gasteiger partial charge is 0.507 e.